The summed E-state index contributed by atoms with van der Waals surface area (Å²) in [4.78, 5) is 10.0. The molecule has 1 N–H and O–H groups in total. The van der Waals surface area contributed by atoms with Crippen LogP contribution in [0.25, 0.3) is 0 Å². The second-order valence-electron chi connectivity index (χ2n) is 7.56. The standard InChI is InChI=1S/C11H16.C7H6O2.C4H10/c1-9-5-7-10(8-6-9)11(2,3)4;8-5-6-1-3-7(9)4-2-6;1-4(2)3/h5-8H,1-4H3;1-5,9H;4H,1-3H3. The molecule has 0 unspecified atom stereocenters. The van der Waals surface area contributed by atoms with Crippen LogP contribution in [0.3, 0.4) is 0 Å². The first-order valence-electron chi connectivity index (χ1n) is 8.37. The lowest BCUT2D eigenvalue weighted by Gasteiger charge is -2.18. The monoisotopic (exact) mass is 328 g/mol. The van der Waals surface area contributed by atoms with E-state index in [1.165, 1.54) is 23.3 Å². The van der Waals surface area contributed by atoms with E-state index in [2.05, 4.69) is 72.7 Å². The zero-order valence-corrected chi connectivity index (χ0v) is 16.1. The summed E-state index contributed by atoms with van der Waals surface area (Å²) in [6.07, 6.45) is 0.736. The van der Waals surface area contributed by atoms with E-state index in [-0.39, 0.29) is 11.2 Å². The van der Waals surface area contributed by atoms with Gasteiger partial charge in [-0.2, -0.15) is 0 Å². The Kier molecular flexibility index (Phi) is 9.71. The molecule has 2 nitrogen and oxygen atoms in total. The molecule has 0 heterocycles. The van der Waals surface area contributed by atoms with Gasteiger partial charge < -0.3 is 5.11 Å². The van der Waals surface area contributed by atoms with Crippen LogP contribution in [-0.4, -0.2) is 11.4 Å². The Bertz CT molecular complexity index is 570. The SMILES string of the molecule is CC(C)C.Cc1ccc(C(C)(C)C)cc1.O=Cc1ccc(O)cc1. The lowest BCUT2D eigenvalue weighted by molar-refractivity contribution is 0.112. The normalized spacial score (nSPS) is 10.2. The Morgan fingerprint density at radius 3 is 1.62 bits per heavy atom. The van der Waals surface area contributed by atoms with Crippen LogP contribution in [0.5, 0.6) is 5.75 Å². The van der Waals surface area contributed by atoms with Crippen molar-refractivity contribution < 1.29 is 9.90 Å². The van der Waals surface area contributed by atoms with Gasteiger partial charge in [-0.3, -0.25) is 4.79 Å². The lowest BCUT2D eigenvalue weighted by atomic mass is 9.87. The fourth-order valence-corrected chi connectivity index (χ4v) is 1.61. The van der Waals surface area contributed by atoms with Gasteiger partial charge in [0.15, 0.2) is 0 Å². The minimum absolute atomic E-state index is 0.181. The lowest BCUT2D eigenvalue weighted by Crippen LogP contribution is -2.10. The highest BCUT2D eigenvalue weighted by molar-refractivity contribution is 5.74. The maximum absolute atomic E-state index is 10.0. The maximum Gasteiger partial charge on any atom is 0.150 e. The third-order valence-corrected chi connectivity index (χ3v) is 2.95. The Hall–Kier alpha value is -2.09. The topological polar surface area (TPSA) is 37.3 Å². The summed E-state index contributed by atoms with van der Waals surface area (Å²) in [6, 6.07) is 14.8. The molecule has 0 aliphatic rings. The molecule has 132 valence electrons. The first-order valence-corrected chi connectivity index (χ1v) is 8.37. The van der Waals surface area contributed by atoms with Crippen molar-refractivity contribution in [3.63, 3.8) is 0 Å². The summed E-state index contributed by atoms with van der Waals surface area (Å²) in [5, 5.41) is 8.74. The van der Waals surface area contributed by atoms with Gasteiger partial charge >= 0.3 is 0 Å². The number of carbonyl (C=O) groups is 1. The molecule has 24 heavy (non-hydrogen) atoms. The van der Waals surface area contributed by atoms with Crippen LogP contribution in [0.1, 0.15) is 63.0 Å². The zero-order valence-electron chi connectivity index (χ0n) is 16.1. The third kappa shape index (κ3) is 10.6. The Morgan fingerprint density at radius 2 is 1.29 bits per heavy atom. The van der Waals surface area contributed by atoms with Gasteiger partial charge in [0.05, 0.1) is 0 Å². The molecule has 0 saturated carbocycles. The highest BCUT2D eigenvalue weighted by Crippen LogP contribution is 2.21. The predicted octanol–water partition coefficient (Wildman–Crippen LogP) is 6.16. The highest BCUT2D eigenvalue weighted by atomic mass is 16.3. The van der Waals surface area contributed by atoms with E-state index in [0.29, 0.717) is 5.56 Å². The van der Waals surface area contributed by atoms with Crippen LogP contribution in [0.2, 0.25) is 0 Å². The number of phenols is 1. The fraction of sp³-hybridized carbons (Fsp3) is 0.409. The van der Waals surface area contributed by atoms with Crippen molar-refractivity contribution in [2.45, 2.75) is 53.9 Å². The van der Waals surface area contributed by atoms with Crippen molar-refractivity contribution in [1.82, 2.24) is 0 Å². The van der Waals surface area contributed by atoms with E-state index in [9.17, 15) is 4.79 Å². The minimum Gasteiger partial charge on any atom is -0.508 e. The predicted molar refractivity (Wildman–Crippen MR) is 104 cm³/mol. The third-order valence-electron chi connectivity index (χ3n) is 2.95. The van der Waals surface area contributed by atoms with E-state index < -0.39 is 0 Å². The number of aromatic hydroxyl groups is 1. The van der Waals surface area contributed by atoms with E-state index in [4.69, 9.17) is 5.11 Å². The van der Waals surface area contributed by atoms with Gasteiger partial charge in [0.1, 0.15) is 12.0 Å². The molecule has 0 bridgehead atoms. The van der Waals surface area contributed by atoms with Gasteiger partial charge in [-0.25, -0.2) is 0 Å². The van der Waals surface area contributed by atoms with Gasteiger partial charge in [-0.1, -0.05) is 71.4 Å². The van der Waals surface area contributed by atoms with Crippen LogP contribution < -0.4 is 0 Å². The zero-order chi connectivity index (χ0) is 18.8. The minimum atomic E-state index is 0.181. The van der Waals surface area contributed by atoms with Crippen molar-refractivity contribution in [3.05, 3.63) is 65.2 Å². The maximum atomic E-state index is 10.0. The number of hydrogen-bond acceptors (Lipinski definition) is 2. The number of phenolic OH excluding ortho intramolecular Hbond substituents is 1. The fourth-order valence-electron chi connectivity index (χ4n) is 1.61. The van der Waals surface area contributed by atoms with Crippen LogP contribution >= 0.6 is 0 Å². The molecule has 0 amide bonds. The van der Waals surface area contributed by atoms with Crippen LogP contribution in [0.4, 0.5) is 0 Å². The molecule has 0 aliphatic heterocycles. The van der Waals surface area contributed by atoms with E-state index in [1.807, 2.05) is 0 Å². The molecule has 0 spiro atoms. The van der Waals surface area contributed by atoms with E-state index in [1.54, 1.807) is 12.1 Å². The molecule has 0 atom stereocenters. The molecule has 0 aromatic heterocycles. The van der Waals surface area contributed by atoms with Gasteiger partial charge in [0.25, 0.3) is 0 Å². The smallest absolute Gasteiger partial charge is 0.150 e. The second-order valence-corrected chi connectivity index (χ2v) is 7.56. The first-order chi connectivity index (χ1) is 11.1. The van der Waals surface area contributed by atoms with Crippen molar-refractivity contribution in [3.8, 4) is 5.75 Å². The van der Waals surface area contributed by atoms with E-state index in [0.717, 1.165) is 12.2 Å². The first kappa shape index (κ1) is 21.9. The molecule has 2 rings (SSSR count). The van der Waals surface area contributed by atoms with Crippen molar-refractivity contribution in [2.75, 3.05) is 0 Å². The second kappa shape index (κ2) is 10.6. The number of carbonyl (C=O) groups excluding carboxylic acids is 1. The average Bonchev–Trinajstić information content (AvgIpc) is 2.47. The Morgan fingerprint density at radius 1 is 0.875 bits per heavy atom. The van der Waals surface area contributed by atoms with Crippen LogP contribution in [0, 0.1) is 12.8 Å². The average molecular weight is 328 g/mol. The molecular formula is C22H32O2. The van der Waals surface area contributed by atoms with Crippen molar-refractivity contribution >= 4 is 6.29 Å². The number of hydrogen-bond donors (Lipinski definition) is 1. The molecule has 2 aromatic rings. The summed E-state index contributed by atoms with van der Waals surface area (Å²) < 4.78 is 0. The van der Waals surface area contributed by atoms with Crippen molar-refractivity contribution in [2.24, 2.45) is 5.92 Å². The molecule has 2 aromatic carbocycles. The number of aryl methyl sites for hydroxylation is 1. The summed E-state index contributed by atoms with van der Waals surface area (Å²) in [5.74, 6) is 1.01. The quantitative estimate of drug-likeness (QED) is 0.636. The molecule has 0 aliphatic carbocycles. The van der Waals surface area contributed by atoms with Gasteiger partial charge in [-0.05, 0) is 48.1 Å². The van der Waals surface area contributed by atoms with Gasteiger partial charge in [0, 0.05) is 5.56 Å². The highest BCUT2D eigenvalue weighted by Gasteiger charge is 2.11. The number of benzene rings is 2. The number of aldehydes is 1. The number of rotatable bonds is 1. The van der Waals surface area contributed by atoms with Gasteiger partial charge in [0.2, 0.25) is 0 Å². The summed E-state index contributed by atoms with van der Waals surface area (Å²) in [7, 11) is 0. The molecule has 0 fully saturated rings. The Balaban J connectivity index is 0.000000367. The van der Waals surface area contributed by atoms with Crippen molar-refractivity contribution in [1.29, 1.82) is 0 Å². The Labute approximate surface area is 147 Å². The summed E-state index contributed by atoms with van der Waals surface area (Å²) in [6.45, 7) is 15.3. The largest absolute Gasteiger partial charge is 0.508 e. The van der Waals surface area contributed by atoms with Gasteiger partial charge in [-0.15, -0.1) is 0 Å². The molecule has 0 radical (unpaired) electrons. The van der Waals surface area contributed by atoms with Crippen LogP contribution in [-0.2, 0) is 5.41 Å². The summed E-state index contributed by atoms with van der Waals surface area (Å²) >= 11 is 0. The molecular weight excluding hydrogens is 296 g/mol. The van der Waals surface area contributed by atoms with E-state index >= 15 is 0 Å². The van der Waals surface area contributed by atoms with Crippen LogP contribution in [0.15, 0.2) is 48.5 Å². The summed E-state index contributed by atoms with van der Waals surface area (Å²) in [5.41, 5.74) is 3.60. The molecule has 2 heteroatoms. The molecule has 0 saturated heterocycles.